The van der Waals surface area contributed by atoms with Crippen LogP contribution >= 0.6 is 23.7 Å². The van der Waals surface area contributed by atoms with Crippen LogP contribution in [0.4, 0.5) is 10.8 Å². The van der Waals surface area contributed by atoms with Gasteiger partial charge in [0.1, 0.15) is 0 Å². The number of nitrogens with one attached hydrogen (secondary N) is 2. The van der Waals surface area contributed by atoms with E-state index in [1.54, 1.807) is 31.2 Å². The van der Waals surface area contributed by atoms with E-state index in [0.29, 0.717) is 16.5 Å². The Kier molecular flexibility index (Phi) is 7.15. The van der Waals surface area contributed by atoms with Gasteiger partial charge in [-0.2, -0.15) is 0 Å². The second-order valence-corrected chi connectivity index (χ2v) is 7.83. The minimum Gasteiger partial charge on any atom is -0.327 e. The number of nitrogens with zero attached hydrogens (tertiary/aromatic N) is 1. The number of benzene rings is 1. The van der Waals surface area contributed by atoms with Crippen molar-refractivity contribution in [3.63, 3.8) is 0 Å². The number of hydrogen-bond acceptors (Lipinski definition) is 6. The van der Waals surface area contributed by atoms with Crippen molar-refractivity contribution in [2.24, 2.45) is 5.73 Å². The van der Waals surface area contributed by atoms with Crippen molar-refractivity contribution >= 4 is 50.5 Å². The molecule has 0 bridgehead atoms. The van der Waals surface area contributed by atoms with Crippen molar-refractivity contribution < 1.29 is 13.2 Å². The highest BCUT2D eigenvalue weighted by Gasteiger charge is 2.10. The summed E-state index contributed by atoms with van der Waals surface area (Å²) in [5.74, 6) is -0.173. The Morgan fingerprint density at radius 3 is 2.50 bits per heavy atom. The molecule has 7 nitrogen and oxygen atoms in total. The van der Waals surface area contributed by atoms with E-state index in [4.69, 9.17) is 5.73 Å². The number of hydrogen-bond donors (Lipinski definition) is 3. The molecule has 0 aliphatic heterocycles. The third-order valence-corrected chi connectivity index (χ3v) is 4.11. The van der Waals surface area contributed by atoms with Crippen LogP contribution < -0.4 is 15.8 Å². The molecule has 1 aromatic heterocycles. The predicted molar refractivity (Wildman–Crippen MR) is 100 cm³/mol. The topological polar surface area (TPSA) is 114 Å². The summed E-state index contributed by atoms with van der Waals surface area (Å²) in [6, 6.07) is 6.63. The van der Waals surface area contributed by atoms with Gasteiger partial charge >= 0.3 is 0 Å². The maximum absolute atomic E-state index is 11.7. The van der Waals surface area contributed by atoms with Crippen LogP contribution in [0.5, 0.6) is 0 Å². The molecule has 1 unspecified atom stereocenters. The minimum absolute atomic E-state index is 0. The van der Waals surface area contributed by atoms with Crippen LogP contribution in [-0.4, -0.2) is 31.6 Å². The normalized spacial score (nSPS) is 12.1. The Labute approximate surface area is 151 Å². The number of halogens is 1. The molecule has 0 aliphatic rings. The first-order chi connectivity index (χ1) is 10.7. The molecule has 1 aromatic carbocycles. The molecule has 2 aromatic rings. The van der Waals surface area contributed by atoms with Crippen LogP contribution in [0.2, 0.25) is 0 Å². The SMILES string of the molecule is CC(N)CC(=O)Nc1nc(-c2ccc(NS(C)(=O)=O)cc2)cs1.Cl. The molecule has 0 radical (unpaired) electrons. The number of anilines is 2. The number of aromatic nitrogens is 1. The maximum atomic E-state index is 11.7. The van der Waals surface area contributed by atoms with Crippen LogP contribution in [0.25, 0.3) is 11.3 Å². The van der Waals surface area contributed by atoms with Crippen molar-refractivity contribution in [1.29, 1.82) is 0 Å². The van der Waals surface area contributed by atoms with E-state index in [-0.39, 0.29) is 30.8 Å². The molecule has 132 valence electrons. The average Bonchev–Trinajstić information content (AvgIpc) is 2.85. The number of carbonyl (C=O) groups is 1. The molecule has 1 atom stereocenters. The molecule has 10 heteroatoms. The first-order valence-electron chi connectivity index (χ1n) is 6.82. The van der Waals surface area contributed by atoms with Crippen molar-refractivity contribution in [2.45, 2.75) is 19.4 Å². The summed E-state index contributed by atoms with van der Waals surface area (Å²) < 4.78 is 24.7. The third kappa shape index (κ3) is 6.44. The van der Waals surface area contributed by atoms with E-state index in [0.717, 1.165) is 11.8 Å². The lowest BCUT2D eigenvalue weighted by molar-refractivity contribution is -0.116. The highest BCUT2D eigenvalue weighted by Crippen LogP contribution is 2.26. The standard InChI is InChI=1S/C14H18N4O3S2.ClH/c1-9(15)7-13(19)17-14-16-12(8-22-14)10-3-5-11(6-4-10)18-23(2,20)21;/h3-6,8-9,18H,7,15H2,1-2H3,(H,16,17,19);1H. The van der Waals surface area contributed by atoms with E-state index in [1.807, 2.05) is 5.38 Å². The zero-order valence-corrected chi connectivity index (χ0v) is 15.6. The predicted octanol–water partition coefficient (Wildman–Crippen LogP) is 2.28. The van der Waals surface area contributed by atoms with Crippen molar-refractivity contribution in [2.75, 3.05) is 16.3 Å². The Morgan fingerprint density at radius 1 is 1.33 bits per heavy atom. The highest BCUT2D eigenvalue weighted by atomic mass is 35.5. The first-order valence-corrected chi connectivity index (χ1v) is 9.59. The van der Waals surface area contributed by atoms with Gasteiger partial charge in [0.2, 0.25) is 15.9 Å². The molecule has 24 heavy (non-hydrogen) atoms. The Bertz CT molecular complexity index is 789. The summed E-state index contributed by atoms with van der Waals surface area (Å²) in [6.45, 7) is 1.76. The molecule has 0 spiro atoms. The van der Waals surface area contributed by atoms with Gasteiger partial charge < -0.3 is 11.1 Å². The monoisotopic (exact) mass is 390 g/mol. The molecule has 0 saturated carbocycles. The fraction of sp³-hybridized carbons (Fsp3) is 0.286. The maximum Gasteiger partial charge on any atom is 0.229 e. The lowest BCUT2D eigenvalue weighted by Gasteiger charge is -2.05. The second-order valence-electron chi connectivity index (χ2n) is 5.22. The largest absolute Gasteiger partial charge is 0.327 e. The molecular weight excluding hydrogens is 372 g/mol. The quantitative estimate of drug-likeness (QED) is 0.700. The van der Waals surface area contributed by atoms with Gasteiger partial charge in [-0.05, 0) is 19.1 Å². The van der Waals surface area contributed by atoms with Gasteiger partial charge in [-0.15, -0.1) is 23.7 Å². The van der Waals surface area contributed by atoms with Crippen molar-refractivity contribution in [3.05, 3.63) is 29.6 Å². The molecule has 0 saturated heterocycles. The van der Waals surface area contributed by atoms with Gasteiger partial charge in [-0.3, -0.25) is 9.52 Å². The van der Waals surface area contributed by atoms with Crippen molar-refractivity contribution in [3.8, 4) is 11.3 Å². The van der Waals surface area contributed by atoms with Gasteiger partial charge in [0.05, 0.1) is 11.9 Å². The Balaban J connectivity index is 0.00000288. The third-order valence-electron chi connectivity index (χ3n) is 2.74. The molecular formula is C14H19ClN4O3S2. The summed E-state index contributed by atoms with van der Waals surface area (Å²) in [5, 5.41) is 5.03. The Morgan fingerprint density at radius 2 is 1.96 bits per heavy atom. The summed E-state index contributed by atoms with van der Waals surface area (Å²) in [7, 11) is -3.30. The fourth-order valence-electron chi connectivity index (χ4n) is 1.85. The number of rotatable bonds is 6. The van der Waals surface area contributed by atoms with Crippen LogP contribution in [0.1, 0.15) is 13.3 Å². The van der Waals surface area contributed by atoms with Crippen molar-refractivity contribution in [1.82, 2.24) is 4.98 Å². The molecule has 4 N–H and O–H groups in total. The minimum atomic E-state index is -3.30. The van der Waals surface area contributed by atoms with Crippen LogP contribution in [0.3, 0.4) is 0 Å². The van der Waals surface area contributed by atoms with E-state index in [2.05, 4.69) is 15.0 Å². The highest BCUT2D eigenvalue weighted by molar-refractivity contribution is 7.92. The lowest BCUT2D eigenvalue weighted by atomic mass is 10.1. The number of amides is 1. The van der Waals surface area contributed by atoms with E-state index in [1.165, 1.54) is 11.3 Å². The summed E-state index contributed by atoms with van der Waals surface area (Å²) in [4.78, 5) is 16.0. The molecule has 0 fully saturated rings. The van der Waals surface area contributed by atoms with Gasteiger partial charge in [-0.1, -0.05) is 12.1 Å². The zero-order valence-electron chi connectivity index (χ0n) is 13.1. The molecule has 1 amide bonds. The van der Waals surface area contributed by atoms with Crippen LogP contribution in [-0.2, 0) is 14.8 Å². The fourth-order valence-corrected chi connectivity index (χ4v) is 3.15. The number of carbonyl (C=O) groups excluding carboxylic acids is 1. The Hall–Kier alpha value is -1.68. The second kappa shape index (κ2) is 8.43. The van der Waals surface area contributed by atoms with Gasteiger partial charge in [0, 0.05) is 29.1 Å². The molecule has 1 heterocycles. The molecule has 0 aliphatic carbocycles. The van der Waals surface area contributed by atoms with Crippen LogP contribution in [0.15, 0.2) is 29.6 Å². The average molecular weight is 391 g/mol. The number of sulfonamides is 1. The zero-order chi connectivity index (χ0) is 17.0. The molecule has 2 rings (SSSR count). The van der Waals surface area contributed by atoms with Gasteiger partial charge in [0.15, 0.2) is 5.13 Å². The lowest BCUT2D eigenvalue weighted by Crippen LogP contribution is -2.23. The van der Waals surface area contributed by atoms with Crippen LogP contribution in [0, 0.1) is 0 Å². The smallest absolute Gasteiger partial charge is 0.229 e. The summed E-state index contributed by atoms with van der Waals surface area (Å²) >= 11 is 1.32. The van der Waals surface area contributed by atoms with Gasteiger partial charge in [0.25, 0.3) is 0 Å². The number of nitrogens with two attached hydrogens (primary N) is 1. The summed E-state index contributed by atoms with van der Waals surface area (Å²) in [6.07, 6.45) is 1.33. The van der Waals surface area contributed by atoms with Gasteiger partial charge in [-0.25, -0.2) is 13.4 Å². The van der Waals surface area contributed by atoms with E-state index in [9.17, 15) is 13.2 Å². The summed E-state index contributed by atoms with van der Waals surface area (Å²) in [5.41, 5.74) is 7.59. The number of thiazole rings is 1. The van der Waals surface area contributed by atoms with E-state index >= 15 is 0 Å². The first kappa shape index (κ1) is 20.4. The van der Waals surface area contributed by atoms with E-state index < -0.39 is 10.0 Å².